The molecule has 5 nitrogen and oxygen atoms in total. The van der Waals surface area contributed by atoms with Crippen LogP contribution in [0.1, 0.15) is 38.5 Å². The topological polar surface area (TPSA) is 83.5 Å². The molecule has 0 radical (unpaired) electrons. The molecular weight excluding hydrogens is 268 g/mol. The first-order chi connectivity index (χ1) is 8.33. The molecule has 0 aliphatic heterocycles. The van der Waals surface area contributed by atoms with Crippen molar-refractivity contribution >= 4 is 16.0 Å². The number of carboxylic acids is 1. The van der Waals surface area contributed by atoms with Gasteiger partial charge in [0, 0.05) is 0 Å². The van der Waals surface area contributed by atoms with Crippen LogP contribution in [0.15, 0.2) is 0 Å². The van der Waals surface area contributed by atoms with E-state index in [4.69, 9.17) is 5.11 Å². The molecule has 0 unspecified atom stereocenters. The predicted molar refractivity (Wildman–Crippen MR) is 60.7 cm³/mol. The monoisotopic (exact) mass is 285 g/mol. The number of hydrogen-bond acceptors (Lipinski definition) is 3. The lowest BCUT2D eigenvalue weighted by atomic mass is 9.85. The van der Waals surface area contributed by atoms with Crippen molar-refractivity contribution in [1.82, 2.24) is 4.72 Å². The third-order valence-electron chi connectivity index (χ3n) is 3.13. The van der Waals surface area contributed by atoms with Crippen molar-refractivity contribution in [3.05, 3.63) is 0 Å². The van der Waals surface area contributed by atoms with Crippen LogP contribution in [-0.4, -0.2) is 31.3 Å². The zero-order valence-electron chi connectivity index (χ0n) is 9.81. The van der Waals surface area contributed by atoms with Crippen LogP contribution >= 0.6 is 0 Å². The molecule has 106 valence electrons. The molecule has 1 rings (SSSR count). The number of carboxylic acid groups (broad SMARTS) is 1. The molecule has 1 fully saturated rings. The number of sulfonamides is 1. The summed E-state index contributed by atoms with van der Waals surface area (Å²) in [5.41, 5.74) is 0. The van der Waals surface area contributed by atoms with E-state index in [0.717, 1.165) is 32.1 Å². The summed E-state index contributed by atoms with van der Waals surface area (Å²) in [7, 11) is -4.86. The molecule has 0 spiro atoms. The summed E-state index contributed by atoms with van der Waals surface area (Å²) in [6, 6.07) is -1.47. The van der Waals surface area contributed by atoms with Gasteiger partial charge in [-0.15, -0.1) is 0 Å². The van der Waals surface area contributed by atoms with Crippen LogP contribution in [0.3, 0.4) is 0 Å². The van der Waals surface area contributed by atoms with Gasteiger partial charge in [0.15, 0.2) is 0 Å². The van der Waals surface area contributed by atoms with Crippen molar-refractivity contribution < 1.29 is 27.1 Å². The molecule has 0 amide bonds. The Kier molecular flexibility index (Phi) is 5.46. The molecule has 8 heteroatoms. The number of rotatable bonds is 6. The zero-order valence-corrected chi connectivity index (χ0v) is 10.6. The van der Waals surface area contributed by atoms with E-state index in [0.29, 0.717) is 0 Å². The lowest BCUT2D eigenvalue weighted by Gasteiger charge is -2.24. The van der Waals surface area contributed by atoms with Crippen molar-refractivity contribution in [2.24, 2.45) is 5.92 Å². The van der Waals surface area contributed by atoms with Gasteiger partial charge in [0.25, 0.3) is 10.0 Å². The van der Waals surface area contributed by atoms with Gasteiger partial charge in [-0.2, -0.15) is 13.5 Å². The fourth-order valence-corrected chi connectivity index (χ4v) is 2.90. The molecule has 0 aromatic rings. The molecule has 0 aromatic heterocycles. The first-order valence-corrected chi connectivity index (χ1v) is 7.39. The molecule has 0 heterocycles. The van der Waals surface area contributed by atoms with Crippen LogP contribution in [0.4, 0.5) is 8.78 Å². The van der Waals surface area contributed by atoms with Gasteiger partial charge in [-0.1, -0.05) is 32.1 Å². The number of aliphatic carboxylic acids is 1. The Labute approximate surface area is 105 Å². The van der Waals surface area contributed by atoms with E-state index in [9.17, 15) is 22.0 Å². The van der Waals surface area contributed by atoms with Crippen molar-refractivity contribution in [3.8, 4) is 0 Å². The summed E-state index contributed by atoms with van der Waals surface area (Å²) < 4.78 is 47.8. The normalized spacial score (nSPS) is 19.9. The second kappa shape index (κ2) is 6.42. The molecule has 0 aromatic carbocycles. The molecule has 18 heavy (non-hydrogen) atoms. The van der Waals surface area contributed by atoms with E-state index in [2.05, 4.69) is 0 Å². The van der Waals surface area contributed by atoms with E-state index in [1.54, 1.807) is 4.72 Å². The number of hydrogen-bond donors (Lipinski definition) is 2. The Morgan fingerprint density at radius 2 is 1.83 bits per heavy atom. The van der Waals surface area contributed by atoms with Gasteiger partial charge in [-0.3, -0.25) is 4.79 Å². The van der Waals surface area contributed by atoms with Crippen LogP contribution in [0.2, 0.25) is 0 Å². The minimum absolute atomic E-state index is 0.0707. The Balaban J connectivity index is 2.62. The maximum Gasteiger partial charge on any atom is 0.350 e. The Morgan fingerprint density at radius 3 is 2.28 bits per heavy atom. The molecular formula is C10H17F2NO4S. The second-order valence-electron chi connectivity index (χ2n) is 4.55. The van der Waals surface area contributed by atoms with Crippen LogP contribution in [-0.2, 0) is 14.8 Å². The summed E-state index contributed by atoms with van der Waals surface area (Å²) >= 11 is 0. The molecule has 1 atom stereocenters. The fourth-order valence-electron chi connectivity index (χ4n) is 2.21. The predicted octanol–water partition coefficient (Wildman–Crippen LogP) is 1.55. The van der Waals surface area contributed by atoms with E-state index < -0.39 is 27.8 Å². The van der Waals surface area contributed by atoms with E-state index >= 15 is 0 Å². The Bertz CT molecular complexity index is 379. The zero-order chi connectivity index (χ0) is 13.8. The van der Waals surface area contributed by atoms with Gasteiger partial charge in [-0.25, -0.2) is 8.42 Å². The van der Waals surface area contributed by atoms with E-state index in [1.807, 2.05) is 0 Å². The summed E-state index contributed by atoms with van der Waals surface area (Å²) in [6.45, 7) is 0. The van der Waals surface area contributed by atoms with Crippen LogP contribution < -0.4 is 4.72 Å². The third kappa shape index (κ3) is 4.49. The standard InChI is InChI=1S/C10H17F2NO4S/c11-10(12)18(16,17)13-8(9(14)15)6-7-4-2-1-3-5-7/h7-8,10,13H,1-6H2,(H,14,15)/t8-/m1/s1. The molecule has 0 bridgehead atoms. The van der Waals surface area contributed by atoms with Crippen LogP contribution in [0.5, 0.6) is 0 Å². The van der Waals surface area contributed by atoms with Crippen molar-refractivity contribution in [1.29, 1.82) is 0 Å². The van der Waals surface area contributed by atoms with Gasteiger partial charge in [0.05, 0.1) is 0 Å². The highest BCUT2D eigenvalue weighted by Gasteiger charge is 2.32. The summed E-state index contributed by atoms with van der Waals surface area (Å²) in [5.74, 6) is -4.93. The van der Waals surface area contributed by atoms with Crippen LogP contribution in [0, 0.1) is 5.92 Å². The van der Waals surface area contributed by atoms with Gasteiger partial charge in [-0.05, 0) is 12.3 Å². The van der Waals surface area contributed by atoms with E-state index in [-0.39, 0.29) is 12.3 Å². The third-order valence-corrected chi connectivity index (χ3v) is 4.22. The Hall–Kier alpha value is -0.760. The minimum atomic E-state index is -4.86. The van der Waals surface area contributed by atoms with Gasteiger partial charge in [0.1, 0.15) is 6.04 Å². The molecule has 0 saturated heterocycles. The van der Waals surface area contributed by atoms with Crippen molar-refractivity contribution in [2.75, 3.05) is 0 Å². The van der Waals surface area contributed by atoms with Crippen molar-refractivity contribution in [2.45, 2.75) is 50.3 Å². The quantitative estimate of drug-likeness (QED) is 0.775. The first-order valence-electron chi connectivity index (χ1n) is 5.85. The highest BCUT2D eigenvalue weighted by molar-refractivity contribution is 7.89. The average molecular weight is 285 g/mol. The average Bonchev–Trinajstić information content (AvgIpc) is 2.29. The van der Waals surface area contributed by atoms with Gasteiger partial charge >= 0.3 is 11.7 Å². The highest BCUT2D eigenvalue weighted by Crippen LogP contribution is 2.27. The SMILES string of the molecule is O=C(O)[C@@H](CC1CCCCC1)NS(=O)(=O)C(F)F. The number of halogens is 2. The second-order valence-corrected chi connectivity index (χ2v) is 6.24. The van der Waals surface area contributed by atoms with Gasteiger partial charge < -0.3 is 5.11 Å². The maximum atomic E-state index is 12.2. The maximum absolute atomic E-state index is 12.2. The number of alkyl halides is 2. The lowest BCUT2D eigenvalue weighted by molar-refractivity contribution is -0.139. The van der Waals surface area contributed by atoms with E-state index in [1.165, 1.54) is 0 Å². The first kappa shape index (κ1) is 15.3. The lowest BCUT2D eigenvalue weighted by Crippen LogP contribution is -2.44. The van der Waals surface area contributed by atoms with Crippen LogP contribution in [0.25, 0.3) is 0 Å². The summed E-state index contributed by atoms with van der Waals surface area (Å²) in [5, 5.41) is 8.88. The fraction of sp³-hybridized carbons (Fsp3) is 0.900. The molecule has 1 aliphatic carbocycles. The molecule has 1 saturated carbocycles. The highest BCUT2D eigenvalue weighted by atomic mass is 32.2. The largest absolute Gasteiger partial charge is 0.480 e. The smallest absolute Gasteiger partial charge is 0.350 e. The van der Waals surface area contributed by atoms with Gasteiger partial charge in [0.2, 0.25) is 0 Å². The molecule has 1 aliphatic rings. The Morgan fingerprint density at radius 1 is 1.28 bits per heavy atom. The minimum Gasteiger partial charge on any atom is -0.480 e. The van der Waals surface area contributed by atoms with Crippen molar-refractivity contribution in [3.63, 3.8) is 0 Å². The molecule has 2 N–H and O–H groups in total. The summed E-state index contributed by atoms with van der Waals surface area (Å²) in [6.07, 6.45) is 4.73. The number of nitrogens with one attached hydrogen (secondary N) is 1. The summed E-state index contributed by atoms with van der Waals surface area (Å²) in [4.78, 5) is 10.9. The number of carbonyl (C=O) groups is 1.